The molecule has 1 atom stereocenters. The molecule has 2 amide bonds. The smallest absolute Gasteiger partial charge is 0.406 e. The van der Waals surface area contributed by atoms with Crippen LogP contribution < -0.4 is 15.4 Å². The Morgan fingerprint density at radius 2 is 1.92 bits per heavy atom. The van der Waals surface area contributed by atoms with Gasteiger partial charge in [0.2, 0.25) is 0 Å². The fraction of sp³-hybridized carbons (Fsp3) is 0.429. The van der Waals surface area contributed by atoms with E-state index < -0.39 is 29.5 Å². The summed E-state index contributed by atoms with van der Waals surface area (Å²) in [4.78, 5) is 23.3. The average molecular weight is 348 g/mol. The van der Waals surface area contributed by atoms with Crippen molar-refractivity contribution >= 4 is 17.5 Å². The first-order valence-corrected chi connectivity index (χ1v) is 6.92. The molecule has 3 N–H and O–H groups in total. The number of alkyl halides is 3. The fourth-order valence-corrected chi connectivity index (χ4v) is 1.99. The minimum absolute atomic E-state index is 0.0650. The van der Waals surface area contributed by atoms with Gasteiger partial charge in [-0.05, 0) is 24.3 Å². The highest BCUT2D eigenvalue weighted by atomic mass is 19.4. The molecule has 1 saturated heterocycles. The van der Waals surface area contributed by atoms with Crippen molar-refractivity contribution < 1.29 is 37.3 Å². The maximum Gasteiger partial charge on any atom is 0.573 e. The normalized spacial score (nSPS) is 20.5. The van der Waals surface area contributed by atoms with Crippen LogP contribution in [0, 0.1) is 0 Å². The molecule has 10 heteroatoms. The number of benzene rings is 1. The number of hydrogen-bond acceptors (Lipinski definition) is 5. The third kappa shape index (κ3) is 5.39. The number of aliphatic hydroxyl groups is 1. The molecule has 0 spiro atoms. The lowest BCUT2D eigenvalue weighted by molar-refractivity contribution is -0.274. The van der Waals surface area contributed by atoms with Crippen molar-refractivity contribution in [3.8, 4) is 5.75 Å². The van der Waals surface area contributed by atoms with Gasteiger partial charge in [0.25, 0.3) is 0 Å². The second-order valence-corrected chi connectivity index (χ2v) is 5.24. The number of rotatable bonds is 4. The van der Waals surface area contributed by atoms with E-state index in [2.05, 4.69) is 15.4 Å². The first-order chi connectivity index (χ1) is 11.2. The van der Waals surface area contributed by atoms with Crippen LogP contribution in [-0.2, 0) is 14.3 Å². The molecule has 2 rings (SSSR count). The van der Waals surface area contributed by atoms with Gasteiger partial charge in [-0.25, -0.2) is 0 Å². The van der Waals surface area contributed by atoms with Gasteiger partial charge in [0.05, 0.1) is 6.61 Å². The van der Waals surface area contributed by atoms with E-state index in [1.54, 1.807) is 0 Å². The predicted molar refractivity (Wildman–Crippen MR) is 75.2 cm³/mol. The lowest BCUT2D eigenvalue weighted by Gasteiger charge is -2.20. The lowest BCUT2D eigenvalue weighted by Crippen LogP contribution is -2.46. The molecule has 0 bridgehead atoms. The largest absolute Gasteiger partial charge is 0.573 e. The van der Waals surface area contributed by atoms with Crippen LogP contribution in [0.3, 0.4) is 0 Å². The van der Waals surface area contributed by atoms with E-state index >= 15 is 0 Å². The molecule has 1 aromatic rings. The second-order valence-electron chi connectivity index (χ2n) is 5.24. The predicted octanol–water partition coefficient (Wildman–Crippen LogP) is 0.791. The van der Waals surface area contributed by atoms with Gasteiger partial charge in [-0.3, -0.25) is 9.59 Å². The Morgan fingerprint density at radius 3 is 2.46 bits per heavy atom. The molecule has 0 unspecified atom stereocenters. The van der Waals surface area contributed by atoms with Crippen LogP contribution in [0.25, 0.3) is 0 Å². The van der Waals surface area contributed by atoms with Crippen molar-refractivity contribution in [1.82, 2.24) is 5.32 Å². The number of ether oxygens (including phenoxy) is 2. The molecule has 1 aliphatic rings. The average Bonchev–Trinajstić information content (AvgIpc) is 2.92. The van der Waals surface area contributed by atoms with E-state index in [1.807, 2.05) is 0 Å². The summed E-state index contributed by atoms with van der Waals surface area (Å²) < 4.78 is 44.8. The number of anilines is 1. The molecule has 0 radical (unpaired) electrons. The number of carbonyl (C=O) groups excluding carboxylic acids is 2. The molecule has 0 aromatic heterocycles. The monoisotopic (exact) mass is 348 g/mol. The molecular formula is C14H15F3N2O5. The molecule has 1 aliphatic heterocycles. The van der Waals surface area contributed by atoms with Crippen molar-refractivity contribution in [2.75, 3.05) is 25.1 Å². The van der Waals surface area contributed by atoms with Crippen LogP contribution >= 0.6 is 0 Å². The van der Waals surface area contributed by atoms with Crippen molar-refractivity contribution in [3.63, 3.8) is 0 Å². The van der Waals surface area contributed by atoms with E-state index in [0.717, 1.165) is 24.3 Å². The van der Waals surface area contributed by atoms with E-state index in [9.17, 15) is 27.9 Å². The van der Waals surface area contributed by atoms with E-state index in [1.165, 1.54) is 0 Å². The van der Waals surface area contributed by atoms with Gasteiger partial charge in [-0.1, -0.05) is 0 Å². The van der Waals surface area contributed by atoms with Gasteiger partial charge in [0.15, 0.2) is 0 Å². The van der Waals surface area contributed by atoms with E-state index in [0.29, 0.717) is 13.0 Å². The highest BCUT2D eigenvalue weighted by Crippen LogP contribution is 2.24. The zero-order valence-electron chi connectivity index (χ0n) is 12.4. The highest BCUT2D eigenvalue weighted by molar-refractivity contribution is 6.39. The number of halogens is 3. The van der Waals surface area contributed by atoms with Crippen molar-refractivity contribution in [2.45, 2.75) is 18.4 Å². The lowest BCUT2D eigenvalue weighted by atomic mass is 10.0. The van der Waals surface area contributed by atoms with Crippen LogP contribution in [0.5, 0.6) is 5.75 Å². The Kier molecular flexibility index (Phi) is 5.30. The first kappa shape index (κ1) is 18.0. The standard InChI is InChI=1S/C14H15F3N2O5/c15-14(16,17)24-10-3-1-9(2-4-10)19-12(21)11(20)18-7-13(22)5-6-23-8-13/h1-4,22H,5-8H2,(H,18,20)(H,19,21)/t13-/m1/s1. The van der Waals surface area contributed by atoms with Crippen LogP contribution in [0.1, 0.15) is 6.42 Å². The highest BCUT2D eigenvalue weighted by Gasteiger charge is 2.33. The van der Waals surface area contributed by atoms with Gasteiger partial charge in [-0.15, -0.1) is 13.2 Å². The molecule has 0 aliphatic carbocycles. The Hall–Kier alpha value is -2.33. The molecule has 1 fully saturated rings. The maximum absolute atomic E-state index is 12.0. The van der Waals surface area contributed by atoms with Gasteiger partial charge in [-0.2, -0.15) is 0 Å². The Bertz CT molecular complexity index is 597. The summed E-state index contributed by atoms with van der Waals surface area (Å²) in [5.74, 6) is -2.44. The van der Waals surface area contributed by atoms with Gasteiger partial charge < -0.3 is 25.2 Å². The minimum Gasteiger partial charge on any atom is -0.406 e. The minimum atomic E-state index is -4.81. The number of nitrogens with one attached hydrogen (secondary N) is 2. The van der Waals surface area contributed by atoms with Crippen molar-refractivity contribution in [2.24, 2.45) is 0 Å². The van der Waals surface area contributed by atoms with E-state index in [4.69, 9.17) is 4.74 Å². The Balaban J connectivity index is 1.83. The molecule has 1 heterocycles. The first-order valence-electron chi connectivity index (χ1n) is 6.92. The summed E-state index contributed by atoms with van der Waals surface area (Å²) in [6.07, 6.45) is -4.47. The number of carbonyl (C=O) groups is 2. The summed E-state index contributed by atoms with van der Waals surface area (Å²) in [5.41, 5.74) is -1.08. The zero-order valence-corrected chi connectivity index (χ0v) is 12.4. The summed E-state index contributed by atoms with van der Waals surface area (Å²) in [6, 6.07) is 4.31. The quantitative estimate of drug-likeness (QED) is 0.699. The summed E-state index contributed by atoms with van der Waals surface area (Å²) in [6.45, 7) is 0.290. The van der Waals surface area contributed by atoms with Crippen LogP contribution in [0.2, 0.25) is 0 Å². The molecule has 24 heavy (non-hydrogen) atoms. The SMILES string of the molecule is O=C(NC[C@]1(O)CCOC1)C(=O)Nc1ccc(OC(F)(F)F)cc1. The van der Waals surface area contributed by atoms with Crippen LogP contribution in [0.4, 0.5) is 18.9 Å². The summed E-state index contributed by atoms with van der Waals surface area (Å²) in [7, 11) is 0. The molecule has 1 aromatic carbocycles. The van der Waals surface area contributed by atoms with Crippen molar-refractivity contribution in [1.29, 1.82) is 0 Å². The van der Waals surface area contributed by atoms with Crippen LogP contribution in [-0.4, -0.2) is 48.6 Å². The Morgan fingerprint density at radius 1 is 1.25 bits per heavy atom. The third-order valence-electron chi connectivity index (χ3n) is 3.21. The molecule has 0 saturated carbocycles. The Labute approximate surface area is 134 Å². The molecular weight excluding hydrogens is 333 g/mol. The van der Waals surface area contributed by atoms with Gasteiger partial charge >= 0.3 is 18.2 Å². The van der Waals surface area contributed by atoms with Crippen molar-refractivity contribution in [3.05, 3.63) is 24.3 Å². The van der Waals surface area contributed by atoms with E-state index in [-0.39, 0.29) is 18.8 Å². The summed E-state index contributed by atoms with van der Waals surface area (Å²) >= 11 is 0. The summed E-state index contributed by atoms with van der Waals surface area (Å²) in [5, 5.41) is 14.4. The second kappa shape index (κ2) is 7.05. The number of amides is 2. The molecule has 132 valence electrons. The van der Waals surface area contributed by atoms with Crippen LogP contribution in [0.15, 0.2) is 24.3 Å². The fourth-order valence-electron chi connectivity index (χ4n) is 1.99. The number of hydrogen-bond donors (Lipinski definition) is 3. The molecule has 7 nitrogen and oxygen atoms in total. The maximum atomic E-state index is 12.0. The topological polar surface area (TPSA) is 96.9 Å². The van der Waals surface area contributed by atoms with Gasteiger partial charge in [0, 0.05) is 25.3 Å². The third-order valence-corrected chi connectivity index (χ3v) is 3.21. The van der Waals surface area contributed by atoms with Gasteiger partial charge in [0.1, 0.15) is 11.4 Å². The zero-order chi connectivity index (χ0) is 17.8.